The standard InChI is InChI=1S/C9H9Cl2N3O3S.ClH/c1-18(16,17)4-2-5(7(11)6(10)3-4)8(15)14-9(12)13;/h2-3H,1H3,(H4,12,13,14,15);1H. The van der Waals surface area contributed by atoms with Crippen molar-refractivity contribution in [3.05, 3.63) is 27.7 Å². The molecule has 0 saturated carbocycles. The Bertz CT molecular complexity index is 640. The number of guanidine groups is 1. The minimum atomic E-state index is -3.53. The molecule has 1 aromatic carbocycles. The first kappa shape index (κ1) is 18.0. The van der Waals surface area contributed by atoms with Gasteiger partial charge in [0.1, 0.15) is 0 Å². The van der Waals surface area contributed by atoms with E-state index in [9.17, 15) is 13.2 Å². The summed E-state index contributed by atoms with van der Waals surface area (Å²) in [5.41, 5.74) is 9.93. The molecule has 0 unspecified atom stereocenters. The SMILES string of the molecule is CS(=O)(=O)c1cc(Cl)c(Cl)c(C(=O)N=C(N)N)c1.Cl. The second-order valence-electron chi connectivity index (χ2n) is 3.38. The van der Waals surface area contributed by atoms with Gasteiger partial charge in [0.15, 0.2) is 15.8 Å². The van der Waals surface area contributed by atoms with Crippen molar-refractivity contribution in [2.45, 2.75) is 4.90 Å². The van der Waals surface area contributed by atoms with E-state index in [1.54, 1.807) is 0 Å². The largest absolute Gasteiger partial charge is 0.370 e. The average Bonchev–Trinajstić information content (AvgIpc) is 2.18. The van der Waals surface area contributed by atoms with Gasteiger partial charge in [-0.25, -0.2) is 8.42 Å². The first-order valence-electron chi connectivity index (χ1n) is 4.46. The topological polar surface area (TPSA) is 116 Å². The van der Waals surface area contributed by atoms with Crippen molar-refractivity contribution < 1.29 is 13.2 Å². The van der Waals surface area contributed by atoms with Crippen molar-refractivity contribution in [1.82, 2.24) is 0 Å². The minimum Gasteiger partial charge on any atom is -0.370 e. The molecule has 1 rings (SSSR count). The van der Waals surface area contributed by atoms with Crippen LogP contribution in [-0.4, -0.2) is 26.5 Å². The lowest BCUT2D eigenvalue weighted by Gasteiger charge is -2.06. The maximum absolute atomic E-state index is 11.6. The number of nitrogens with zero attached hydrogens (tertiary/aromatic N) is 1. The predicted octanol–water partition coefficient (Wildman–Crippen LogP) is 1.23. The molecular formula is C9H10Cl3N3O3S. The third-order valence-corrected chi connectivity index (χ3v) is 3.78. The second-order valence-corrected chi connectivity index (χ2v) is 6.18. The summed E-state index contributed by atoms with van der Waals surface area (Å²) in [6.45, 7) is 0. The quantitative estimate of drug-likeness (QED) is 0.617. The maximum Gasteiger partial charge on any atom is 0.281 e. The Morgan fingerprint density at radius 1 is 1.26 bits per heavy atom. The fourth-order valence-corrected chi connectivity index (χ4v) is 2.25. The van der Waals surface area contributed by atoms with Crippen LogP contribution in [0.1, 0.15) is 10.4 Å². The number of hydrogen-bond donors (Lipinski definition) is 2. The Hall–Kier alpha value is -1.02. The van der Waals surface area contributed by atoms with E-state index in [0.29, 0.717) is 0 Å². The van der Waals surface area contributed by atoms with Gasteiger partial charge in [-0.05, 0) is 12.1 Å². The summed E-state index contributed by atoms with van der Waals surface area (Å²) in [5, 5.41) is -0.187. The first-order chi connectivity index (χ1) is 8.12. The molecule has 6 nitrogen and oxygen atoms in total. The summed E-state index contributed by atoms with van der Waals surface area (Å²) in [6, 6.07) is 2.21. The van der Waals surface area contributed by atoms with Crippen LogP contribution < -0.4 is 11.5 Å². The molecule has 0 aliphatic carbocycles. The molecule has 10 heteroatoms. The molecule has 0 saturated heterocycles. The van der Waals surface area contributed by atoms with Gasteiger partial charge in [0.05, 0.1) is 20.5 Å². The van der Waals surface area contributed by atoms with E-state index >= 15 is 0 Å². The van der Waals surface area contributed by atoms with Crippen LogP contribution in [0.4, 0.5) is 0 Å². The van der Waals surface area contributed by atoms with Gasteiger partial charge in [-0.2, -0.15) is 4.99 Å². The molecular weight excluding hydrogens is 337 g/mol. The van der Waals surface area contributed by atoms with Crippen LogP contribution >= 0.6 is 35.6 Å². The lowest BCUT2D eigenvalue weighted by Crippen LogP contribution is -2.24. The summed E-state index contributed by atoms with van der Waals surface area (Å²) >= 11 is 11.5. The van der Waals surface area contributed by atoms with Gasteiger partial charge < -0.3 is 11.5 Å². The first-order valence-corrected chi connectivity index (χ1v) is 7.10. The average molecular weight is 347 g/mol. The van der Waals surface area contributed by atoms with Crippen LogP contribution in [0, 0.1) is 0 Å². The van der Waals surface area contributed by atoms with Crippen LogP contribution in [0.3, 0.4) is 0 Å². The number of hydrogen-bond acceptors (Lipinski definition) is 3. The number of carbonyl (C=O) groups excluding carboxylic acids is 1. The normalized spacial score (nSPS) is 10.5. The monoisotopic (exact) mass is 345 g/mol. The number of sulfone groups is 1. The smallest absolute Gasteiger partial charge is 0.281 e. The van der Waals surface area contributed by atoms with Gasteiger partial charge in [-0.1, -0.05) is 23.2 Å². The number of amides is 1. The van der Waals surface area contributed by atoms with Crippen molar-refractivity contribution in [2.75, 3.05) is 6.26 Å². The molecule has 0 fully saturated rings. The summed E-state index contributed by atoms with van der Waals surface area (Å²) < 4.78 is 22.8. The molecule has 1 aromatic rings. The number of aliphatic imine (C=N–C) groups is 1. The van der Waals surface area contributed by atoms with E-state index in [4.69, 9.17) is 34.7 Å². The maximum atomic E-state index is 11.6. The summed E-state index contributed by atoms with van der Waals surface area (Å²) in [7, 11) is -3.53. The van der Waals surface area contributed by atoms with Crippen LogP contribution in [-0.2, 0) is 9.84 Å². The number of carbonyl (C=O) groups is 1. The molecule has 1 amide bonds. The van der Waals surface area contributed by atoms with Crippen molar-refractivity contribution >= 4 is 57.3 Å². The number of benzene rings is 1. The zero-order valence-corrected chi connectivity index (χ0v) is 12.7. The predicted molar refractivity (Wildman–Crippen MR) is 77.0 cm³/mol. The summed E-state index contributed by atoms with van der Waals surface area (Å²) in [5.74, 6) is -1.33. The highest BCUT2D eigenvalue weighted by atomic mass is 35.5. The van der Waals surface area contributed by atoms with Crippen molar-refractivity contribution in [3.63, 3.8) is 0 Å². The summed E-state index contributed by atoms with van der Waals surface area (Å²) in [4.78, 5) is 14.7. The third-order valence-electron chi connectivity index (χ3n) is 1.89. The Kier molecular flexibility index (Phi) is 6.08. The van der Waals surface area contributed by atoms with E-state index in [1.165, 1.54) is 0 Å². The Labute approximate surface area is 126 Å². The lowest BCUT2D eigenvalue weighted by molar-refractivity contribution is 0.100. The highest BCUT2D eigenvalue weighted by molar-refractivity contribution is 7.90. The number of halogens is 3. The third kappa shape index (κ3) is 4.54. The van der Waals surface area contributed by atoms with Crippen LogP contribution in [0.15, 0.2) is 22.0 Å². The summed E-state index contributed by atoms with van der Waals surface area (Å²) in [6.07, 6.45) is 0.974. The van der Waals surface area contributed by atoms with E-state index in [1.807, 2.05) is 0 Å². The molecule has 0 aliphatic heterocycles. The van der Waals surface area contributed by atoms with E-state index in [2.05, 4.69) is 4.99 Å². The number of nitrogens with two attached hydrogens (primary N) is 2. The molecule has 0 atom stereocenters. The molecule has 0 heterocycles. The van der Waals surface area contributed by atoms with E-state index in [-0.39, 0.29) is 32.9 Å². The molecule has 106 valence electrons. The molecule has 0 radical (unpaired) electrons. The fourth-order valence-electron chi connectivity index (χ4n) is 1.11. The minimum absolute atomic E-state index is 0. The molecule has 4 N–H and O–H groups in total. The van der Waals surface area contributed by atoms with E-state index < -0.39 is 21.7 Å². The zero-order chi connectivity index (χ0) is 14.1. The second kappa shape index (κ2) is 6.42. The van der Waals surface area contributed by atoms with Gasteiger partial charge in [0, 0.05) is 6.26 Å². The fraction of sp³-hybridized carbons (Fsp3) is 0.111. The van der Waals surface area contributed by atoms with Gasteiger partial charge in [-0.3, -0.25) is 4.79 Å². The van der Waals surface area contributed by atoms with Gasteiger partial charge >= 0.3 is 0 Å². The van der Waals surface area contributed by atoms with Gasteiger partial charge in [-0.15, -0.1) is 12.4 Å². The van der Waals surface area contributed by atoms with E-state index in [0.717, 1.165) is 18.4 Å². The Balaban J connectivity index is 0.00000324. The Morgan fingerprint density at radius 2 is 1.79 bits per heavy atom. The van der Waals surface area contributed by atoms with Crippen LogP contribution in [0.25, 0.3) is 0 Å². The molecule has 0 spiro atoms. The number of rotatable bonds is 2. The highest BCUT2D eigenvalue weighted by Gasteiger charge is 2.18. The van der Waals surface area contributed by atoms with Crippen molar-refractivity contribution in [1.29, 1.82) is 0 Å². The molecule has 0 bridgehead atoms. The molecule has 19 heavy (non-hydrogen) atoms. The van der Waals surface area contributed by atoms with Crippen molar-refractivity contribution in [2.24, 2.45) is 16.5 Å². The zero-order valence-electron chi connectivity index (χ0n) is 9.55. The Morgan fingerprint density at radius 3 is 2.21 bits per heavy atom. The highest BCUT2D eigenvalue weighted by Crippen LogP contribution is 2.30. The molecule has 0 aromatic heterocycles. The van der Waals surface area contributed by atoms with Gasteiger partial charge in [0.25, 0.3) is 5.91 Å². The van der Waals surface area contributed by atoms with Crippen molar-refractivity contribution in [3.8, 4) is 0 Å². The van der Waals surface area contributed by atoms with Crippen LogP contribution in [0.5, 0.6) is 0 Å². The van der Waals surface area contributed by atoms with Gasteiger partial charge in [0.2, 0.25) is 0 Å². The van der Waals surface area contributed by atoms with Crippen LogP contribution in [0.2, 0.25) is 10.0 Å². The molecule has 0 aliphatic rings. The lowest BCUT2D eigenvalue weighted by atomic mass is 10.2.